The molecule has 21 heavy (non-hydrogen) atoms. The van der Waals surface area contributed by atoms with Crippen molar-refractivity contribution >= 4 is 43.0 Å². The van der Waals surface area contributed by atoms with E-state index in [1.54, 1.807) is 36.7 Å². The topological polar surface area (TPSA) is 71.1 Å². The van der Waals surface area contributed by atoms with Gasteiger partial charge in [-0.1, -0.05) is 0 Å². The van der Waals surface area contributed by atoms with Crippen LogP contribution in [0.15, 0.2) is 52.9 Å². The monoisotopic (exact) mass is 319 g/mol. The average molecular weight is 319 g/mol. The molecule has 0 saturated heterocycles. The van der Waals surface area contributed by atoms with Gasteiger partial charge in [0.25, 0.3) is 10.0 Å². The van der Waals surface area contributed by atoms with Crippen LogP contribution in [0.2, 0.25) is 0 Å². The molecule has 0 saturated carbocycles. The van der Waals surface area contributed by atoms with Crippen molar-refractivity contribution < 1.29 is 8.42 Å². The third-order valence-electron chi connectivity index (χ3n) is 3.00. The van der Waals surface area contributed by atoms with Gasteiger partial charge in [0.2, 0.25) is 0 Å². The van der Waals surface area contributed by atoms with Crippen LogP contribution in [0.3, 0.4) is 0 Å². The molecule has 2 N–H and O–H groups in total. The van der Waals surface area contributed by atoms with Gasteiger partial charge in [-0.3, -0.25) is 4.72 Å². The first-order valence-electron chi connectivity index (χ1n) is 6.23. The van der Waals surface area contributed by atoms with Crippen molar-refractivity contribution in [3.05, 3.63) is 48.0 Å². The van der Waals surface area contributed by atoms with E-state index in [0.29, 0.717) is 11.5 Å². The van der Waals surface area contributed by atoms with E-state index in [1.807, 2.05) is 23.6 Å². The van der Waals surface area contributed by atoms with E-state index in [4.69, 9.17) is 0 Å². The van der Waals surface area contributed by atoms with Crippen LogP contribution in [-0.4, -0.2) is 20.4 Å². The smallest absolute Gasteiger partial charge is 0.265 e. The Labute approximate surface area is 126 Å². The third-order valence-corrected chi connectivity index (χ3v) is 5.31. The first-order chi connectivity index (χ1) is 10.1. The minimum absolute atomic E-state index is 0.123. The highest BCUT2D eigenvalue weighted by Crippen LogP contribution is 2.26. The minimum Gasteiger partial charge on any atom is -0.372 e. The highest BCUT2D eigenvalue weighted by molar-refractivity contribution is 7.92. The van der Waals surface area contributed by atoms with Gasteiger partial charge in [-0.25, -0.2) is 13.4 Å². The molecule has 0 aliphatic heterocycles. The Bertz CT molecular complexity index is 888. The molecule has 0 aliphatic rings. The van der Waals surface area contributed by atoms with E-state index in [-0.39, 0.29) is 4.90 Å². The van der Waals surface area contributed by atoms with E-state index in [0.717, 1.165) is 10.1 Å². The lowest BCUT2D eigenvalue weighted by Gasteiger charge is -2.11. The zero-order valence-corrected chi connectivity index (χ0v) is 12.8. The fourth-order valence-electron chi connectivity index (χ4n) is 2.04. The van der Waals surface area contributed by atoms with Gasteiger partial charge in [0.1, 0.15) is 10.7 Å². The van der Waals surface area contributed by atoms with E-state index >= 15 is 0 Å². The molecule has 0 unspecified atom stereocenters. The van der Waals surface area contributed by atoms with Gasteiger partial charge in [0.05, 0.1) is 0 Å². The van der Waals surface area contributed by atoms with Gasteiger partial charge < -0.3 is 5.32 Å². The van der Waals surface area contributed by atoms with Crippen LogP contribution in [0.25, 0.3) is 10.1 Å². The number of aromatic nitrogens is 1. The molecule has 0 radical (unpaired) electrons. The van der Waals surface area contributed by atoms with Gasteiger partial charge in [-0.05, 0) is 47.2 Å². The summed E-state index contributed by atoms with van der Waals surface area (Å²) in [6.07, 6.45) is 1.54. The van der Waals surface area contributed by atoms with Crippen molar-refractivity contribution in [1.29, 1.82) is 0 Å². The van der Waals surface area contributed by atoms with Crippen molar-refractivity contribution in [1.82, 2.24) is 4.98 Å². The van der Waals surface area contributed by atoms with E-state index < -0.39 is 10.0 Å². The summed E-state index contributed by atoms with van der Waals surface area (Å²) in [5.41, 5.74) is 0.534. The van der Waals surface area contributed by atoms with Crippen LogP contribution in [0.5, 0.6) is 0 Å². The Balaban J connectivity index is 1.98. The predicted octanol–water partition coefficient (Wildman–Crippen LogP) is 3.14. The second-order valence-electron chi connectivity index (χ2n) is 4.38. The summed E-state index contributed by atoms with van der Waals surface area (Å²) in [5.74, 6) is 0.321. The number of rotatable bonds is 4. The molecule has 0 atom stereocenters. The Morgan fingerprint density at radius 3 is 2.86 bits per heavy atom. The maximum absolute atomic E-state index is 12.5. The molecule has 5 nitrogen and oxygen atoms in total. The number of nitrogens with one attached hydrogen (secondary N) is 2. The van der Waals surface area contributed by atoms with Gasteiger partial charge in [-0.15, -0.1) is 11.3 Å². The lowest BCUT2D eigenvalue weighted by Crippen LogP contribution is -2.15. The van der Waals surface area contributed by atoms with Crippen LogP contribution in [0.1, 0.15) is 0 Å². The molecule has 2 aromatic heterocycles. The summed E-state index contributed by atoms with van der Waals surface area (Å²) >= 11 is 1.62. The Hall–Kier alpha value is -2.12. The van der Waals surface area contributed by atoms with E-state index in [9.17, 15) is 8.42 Å². The fraction of sp³-hybridized carbons (Fsp3) is 0.0714. The summed E-state index contributed by atoms with van der Waals surface area (Å²) in [4.78, 5) is 4.14. The lowest BCUT2D eigenvalue weighted by molar-refractivity contribution is 0.601. The van der Waals surface area contributed by atoms with Gasteiger partial charge in [0, 0.05) is 23.6 Å². The number of benzene rings is 1. The molecule has 0 amide bonds. The SMILES string of the molecule is CNc1ncccc1S(=O)(=O)Nc1ccc2sccc2c1. The second kappa shape index (κ2) is 5.34. The Kier molecular flexibility index (Phi) is 3.52. The second-order valence-corrected chi connectivity index (χ2v) is 6.98. The predicted molar refractivity (Wildman–Crippen MR) is 86.4 cm³/mol. The highest BCUT2D eigenvalue weighted by Gasteiger charge is 2.19. The standard InChI is InChI=1S/C14H13N3O2S2/c1-15-14-13(3-2-7-16-14)21(18,19)17-11-4-5-12-10(9-11)6-8-20-12/h2-9,17H,1H3,(H,15,16). The number of hydrogen-bond donors (Lipinski definition) is 2. The molecule has 0 spiro atoms. The van der Waals surface area contributed by atoms with Crippen molar-refractivity contribution in [2.75, 3.05) is 17.1 Å². The summed E-state index contributed by atoms with van der Waals surface area (Å²) < 4.78 is 28.6. The largest absolute Gasteiger partial charge is 0.372 e. The van der Waals surface area contributed by atoms with Crippen LogP contribution < -0.4 is 10.0 Å². The minimum atomic E-state index is -3.68. The Morgan fingerprint density at radius 2 is 2.05 bits per heavy atom. The molecule has 2 heterocycles. The zero-order chi connectivity index (χ0) is 14.9. The number of anilines is 2. The summed E-state index contributed by atoms with van der Waals surface area (Å²) in [6.45, 7) is 0. The molecule has 108 valence electrons. The molecule has 0 fully saturated rings. The molecule has 3 rings (SSSR count). The quantitative estimate of drug-likeness (QED) is 0.775. The third kappa shape index (κ3) is 2.70. The van der Waals surface area contributed by atoms with Gasteiger partial charge >= 0.3 is 0 Å². The average Bonchev–Trinajstić information content (AvgIpc) is 2.94. The first-order valence-corrected chi connectivity index (χ1v) is 8.59. The van der Waals surface area contributed by atoms with Crippen LogP contribution in [0.4, 0.5) is 11.5 Å². The first kappa shape index (κ1) is 13.8. The summed E-state index contributed by atoms with van der Waals surface area (Å²) in [6, 6.07) is 10.5. The van der Waals surface area contributed by atoms with Crippen molar-refractivity contribution in [2.45, 2.75) is 4.90 Å². The fourth-order valence-corrected chi connectivity index (χ4v) is 4.02. The molecule has 0 bridgehead atoms. The molecule has 3 aromatic rings. The molecule has 1 aromatic carbocycles. The lowest BCUT2D eigenvalue weighted by atomic mass is 10.2. The van der Waals surface area contributed by atoms with Crippen LogP contribution in [-0.2, 0) is 10.0 Å². The number of sulfonamides is 1. The number of thiophene rings is 1. The van der Waals surface area contributed by atoms with Crippen LogP contribution in [0, 0.1) is 0 Å². The van der Waals surface area contributed by atoms with Gasteiger partial charge in [-0.2, -0.15) is 0 Å². The van der Waals surface area contributed by atoms with Crippen LogP contribution >= 0.6 is 11.3 Å². The number of pyridine rings is 1. The van der Waals surface area contributed by atoms with Gasteiger partial charge in [0.15, 0.2) is 0 Å². The molecular weight excluding hydrogens is 306 g/mol. The molecule has 7 heteroatoms. The molecule has 0 aliphatic carbocycles. The van der Waals surface area contributed by atoms with E-state index in [2.05, 4.69) is 15.0 Å². The summed E-state index contributed by atoms with van der Waals surface area (Å²) in [5, 5.41) is 5.77. The van der Waals surface area contributed by atoms with Crippen molar-refractivity contribution in [3.8, 4) is 0 Å². The zero-order valence-electron chi connectivity index (χ0n) is 11.2. The van der Waals surface area contributed by atoms with E-state index in [1.165, 1.54) is 6.07 Å². The molecular formula is C14H13N3O2S2. The maximum atomic E-state index is 12.5. The highest BCUT2D eigenvalue weighted by atomic mass is 32.2. The number of hydrogen-bond acceptors (Lipinski definition) is 5. The maximum Gasteiger partial charge on any atom is 0.265 e. The van der Waals surface area contributed by atoms with Crippen molar-refractivity contribution in [3.63, 3.8) is 0 Å². The summed E-state index contributed by atoms with van der Waals surface area (Å²) in [7, 11) is -2.04. The normalized spacial score (nSPS) is 11.5. The number of nitrogens with zero attached hydrogens (tertiary/aromatic N) is 1. The van der Waals surface area contributed by atoms with Crippen molar-refractivity contribution in [2.24, 2.45) is 0 Å². The Morgan fingerprint density at radius 1 is 1.19 bits per heavy atom. The number of fused-ring (bicyclic) bond motifs is 1.